The molecule has 1 heterocycles. The van der Waals surface area contributed by atoms with Crippen LogP contribution in [0.15, 0.2) is 188 Å². The van der Waals surface area contributed by atoms with Gasteiger partial charge in [0.1, 0.15) is 0 Å². The summed E-state index contributed by atoms with van der Waals surface area (Å²) in [6, 6.07) is 66.6. The minimum atomic E-state index is 0.0502. The smallest absolute Gasteiger partial charge is 0.238 e. The van der Waals surface area contributed by atoms with Crippen LogP contribution in [0.25, 0.3) is 45.0 Å². The molecule has 8 aromatic carbocycles. The fourth-order valence-corrected chi connectivity index (χ4v) is 9.18. The predicted molar refractivity (Wildman–Crippen MR) is 259 cm³/mol. The van der Waals surface area contributed by atoms with E-state index in [-0.39, 0.29) is 5.92 Å². The molecule has 0 bridgehead atoms. The van der Waals surface area contributed by atoms with E-state index < -0.39 is 0 Å². The average Bonchev–Trinajstić information content (AvgIpc) is 3.29. The lowest BCUT2D eigenvalue weighted by atomic mass is 9.77. The van der Waals surface area contributed by atoms with Gasteiger partial charge in [-0.05, 0) is 133 Å². The number of aromatic nitrogens is 3. The van der Waals surface area contributed by atoms with Crippen LogP contribution in [-0.4, -0.2) is 15.0 Å². The van der Waals surface area contributed by atoms with Gasteiger partial charge in [0.05, 0.1) is 0 Å². The third kappa shape index (κ3) is 8.20. The van der Waals surface area contributed by atoms with Gasteiger partial charge in [-0.3, -0.25) is 4.90 Å². The molecule has 62 heavy (non-hydrogen) atoms. The molecule has 302 valence electrons. The molecule has 0 aliphatic heterocycles. The maximum absolute atomic E-state index is 5.32. The maximum atomic E-state index is 5.32. The third-order valence-corrected chi connectivity index (χ3v) is 11.9. The van der Waals surface area contributed by atoms with E-state index in [2.05, 4.69) is 210 Å². The summed E-state index contributed by atoms with van der Waals surface area (Å²) in [4.78, 5) is 17.9. The molecule has 0 aliphatic rings. The van der Waals surface area contributed by atoms with E-state index >= 15 is 0 Å². The molecule has 0 N–H and O–H groups in total. The summed E-state index contributed by atoms with van der Waals surface area (Å²) in [5.41, 5.74) is 20.0. The summed E-state index contributed by atoms with van der Waals surface area (Å²) in [5.74, 6) is 1.79. The minimum Gasteiger partial charge on any atom is -0.279 e. The highest BCUT2D eigenvalue weighted by atomic mass is 15.3. The number of hydrogen-bond acceptors (Lipinski definition) is 4. The summed E-state index contributed by atoms with van der Waals surface area (Å²) in [6.07, 6.45) is 0. The molecule has 0 spiro atoms. The first-order chi connectivity index (χ1) is 30.2. The molecule has 0 radical (unpaired) electrons. The van der Waals surface area contributed by atoms with Gasteiger partial charge in [0.15, 0.2) is 11.6 Å². The van der Waals surface area contributed by atoms with Crippen molar-refractivity contribution in [2.24, 2.45) is 0 Å². The van der Waals surface area contributed by atoms with E-state index in [1.54, 1.807) is 0 Å². The molecular formula is C58H50N4. The molecule has 1 aromatic heterocycles. The molecule has 4 nitrogen and oxygen atoms in total. The highest BCUT2D eigenvalue weighted by Crippen LogP contribution is 2.42. The van der Waals surface area contributed by atoms with Crippen molar-refractivity contribution < 1.29 is 0 Å². The lowest BCUT2D eigenvalue weighted by Gasteiger charge is -2.28. The largest absolute Gasteiger partial charge is 0.279 e. The first-order valence-corrected chi connectivity index (χ1v) is 21.4. The van der Waals surface area contributed by atoms with Crippen LogP contribution in [0.3, 0.4) is 0 Å². The van der Waals surface area contributed by atoms with Crippen LogP contribution in [0, 0.1) is 41.5 Å². The zero-order valence-corrected chi connectivity index (χ0v) is 36.3. The molecule has 0 saturated heterocycles. The number of nitrogens with zero attached hydrogens (tertiary/aromatic N) is 4. The Morgan fingerprint density at radius 3 is 1.23 bits per heavy atom. The van der Waals surface area contributed by atoms with Gasteiger partial charge < -0.3 is 0 Å². The van der Waals surface area contributed by atoms with Crippen LogP contribution in [0.2, 0.25) is 0 Å². The number of hydrogen-bond donors (Lipinski definition) is 0. The van der Waals surface area contributed by atoms with Crippen LogP contribution in [-0.2, 0) is 0 Å². The van der Waals surface area contributed by atoms with Crippen molar-refractivity contribution in [1.29, 1.82) is 0 Å². The fourth-order valence-electron chi connectivity index (χ4n) is 9.18. The zero-order valence-electron chi connectivity index (χ0n) is 36.3. The highest BCUT2D eigenvalue weighted by Gasteiger charge is 2.26. The van der Waals surface area contributed by atoms with E-state index in [9.17, 15) is 0 Å². The highest BCUT2D eigenvalue weighted by molar-refractivity contribution is 5.78. The molecule has 0 aliphatic carbocycles. The third-order valence-electron chi connectivity index (χ3n) is 11.9. The van der Waals surface area contributed by atoms with Crippen molar-refractivity contribution in [1.82, 2.24) is 15.0 Å². The summed E-state index contributed by atoms with van der Waals surface area (Å²) in [5, 5.41) is 0. The number of aryl methyl sites for hydroxylation is 6. The Hall–Kier alpha value is -7.43. The SMILES string of the molecule is Cc1cc(C)c(C(c2ccc(N(c3ccc(-c4ccccc4)cc3)c3nc(-c4ccccc4)nc(-c4cccc(-c5ccccc5)c4)n3)cc2)c2c(C)cc(C)cc2C)c(C)c1. The Bertz CT molecular complexity index is 2890. The van der Waals surface area contributed by atoms with Crippen molar-refractivity contribution in [3.05, 3.63) is 238 Å². The summed E-state index contributed by atoms with van der Waals surface area (Å²) < 4.78 is 0. The Balaban J connectivity index is 1.23. The number of anilines is 3. The molecule has 0 fully saturated rings. The Labute approximate surface area is 366 Å². The second kappa shape index (κ2) is 17.3. The lowest BCUT2D eigenvalue weighted by molar-refractivity contribution is 0.919. The van der Waals surface area contributed by atoms with Crippen LogP contribution in [0.4, 0.5) is 17.3 Å². The van der Waals surface area contributed by atoms with Gasteiger partial charge in [0, 0.05) is 28.4 Å². The van der Waals surface area contributed by atoms with Crippen LogP contribution in [0.5, 0.6) is 0 Å². The van der Waals surface area contributed by atoms with Gasteiger partial charge >= 0.3 is 0 Å². The van der Waals surface area contributed by atoms with E-state index in [1.807, 2.05) is 24.3 Å². The maximum Gasteiger partial charge on any atom is 0.238 e. The lowest BCUT2D eigenvalue weighted by Crippen LogP contribution is -2.16. The Morgan fingerprint density at radius 2 is 0.726 bits per heavy atom. The van der Waals surface area contributed by atoms with Gasteiger partial charge in [0.2, 0.25) is 5.95 Å². The first kappa shape index (κ1) is 40.0. The van der Waals surface area contributed by atoms with Crippen molar-refractivity contribution in [3.8, 4) is 45.0 Å². The standard InChI is InChI=1S/C58H50N4/c1-38-33-40(3)53(41(4)34-38)55(54-42(5)35-39(2)36-43(54)6)47-27-31-52(32-28-47)62(51-29-25-46(26-30-51)44-17-10-7-11-18-44)58-60-56(48-21-14-9-15-22-48)59-57(61-58)50-24-16-23-49(37-50)45-19-12-8-13-20-45/h7-37,55H,1-6H3. The minimum absolute atomic E-state index is 0.0502. The predicted octanol–water partition coefficient (Wildman–Crippen LogP) is 15.0. The van der Waals surface area contributed by atoms with Crippen molar-refractivity contribution >= 4 is 17.3 Å². The summed E-state index contributed by atoms with van der Waals surface area (Å²) in [7, 11) is 0. The molecule has 9 rings (SSSR count). The quantitative estimate of drug-likeness (QED) is 0.129. The second-order valence-electron chi connectivity index (χ2n) is 16.5. The van der Waals surface area contributed by atoms with E-state index in [0.717, 1.165) is 44.8 Å². The zero-order chi connectivity index (χ0) is 42.7. The van der Waals surface area contributed by atoms with Gasteiger partial charge in [0.25, 0.3) is 0 Å². The molecule has 0 unspecified atom stereocenters. The second-order valence-corrected chi connectivity index (χ2v) is 16.5. The molecular weight excluding hydrogens is 753 g/mol. The fraction of sp³-hybridized carbons (Fsp3) is 0.121. The number of rotatable bonds is 10. The topological polar surface area (TPSA) is 41.9 Å². The first-order valence-electron chi connectivity index (χ1n) is 21.4. The number of benzene rings is 8. The van der Waals surface area contributed by atoms with E-state index in [1.165, 1.54) is 50.1 Å². The normalized spacial score (nSPS) is 11.2. The summed E-state index contributed by atoms with van der Waals surface area (Å²) in [6.45, 7) is 13.4. The molecule has 9 aromatic rings. The van der Waals surface area contributed by atoms with E-state index in [0.29, 0.717) is 17.6 Å². The van der Waals surface area contributed by atoms with Gasteiger partial charge in [-0.2, -0.15) is 9.97 Å². The molecule has 0 saturated carbocycles. The van der Waals surface area contributed by atoms with Crippen LogP contribution >= 0.6 is 0 Å². The molecule has 0 atom stereocenters. The summed E-state index contributed by atoms with van der Waals surface area (Å²) >= 11 is 0. The monoisotopic (exact) mass is 802 g/mol. The van der Waals surface area contributed by atoms with Crippen LogP contribution in [0.1, 0.15) is 56.0 Å². The van der Waals surface area contributed by atoms with Gasteiger partial charge in [-0.1, -0.05) is 169 Å². The Morgan fingerprint density at radius 1 is 0.339 bits per heavy atom. The van der Waals surface area contributed by atoms with E-state index in [4.69, 9.17) is 15.0 Å². The molecule has 4 heteroatoms. The average molecular weight is 803 g/mol. The van der Waals surface area contributed by atoms with Crippen molar-refractivity contribution in [2.45, 2.75) is 47.5 Å². The molecule has 0 amide bonds. The van der Waals surface area contributed by atoms with Gasteiger partial charge in [-0.15, -0.1) is 0 Å². The van der Waals surface area contributed by atoms with Crippen LogP contribution < -0.4 is 4.90 Å². The van der Waals surface area contributed by atoms with Crippen molar-refractivity contribution in [2.75, 3.05) is 4.90 Å². The Kier molecular flexibility index (Phi) is 11.1. The van der Waals surface area contributed by atoms with Crippen molar-refractivity contribution in [3.63, 3.8) is 0 Å². The van der Waals surface area contributed by atoms with Gasteiger partial charge in [-0.25, -0.2) is 4.98 Å².